The summed E-state index contributed by atoms with van der Waals surface area (Å²) in [6, 6.07) is 4.07. The van der Waals surface area contributed by atoms with Crippen molar-refractivity contribution in [2.45, 2.75) is 25.8 Å². The van der Waals surface area contributed by atoms with Crippen LogP contribution in [-0.2, 0) is 0 Å². The first kappa shape index (κ1) is 12.0. The number of carbonyl (C=O) groups excluding carboxylic acids is 1. The topological polar surface area (TPSA) is 45.2 Å². The minimum atomic E-state index is -0.0268. The molecule has 4 nitrogen and oxygen atoms in total. The predicted molar refractivity (Wildman–Crippen MR) is 66.8 cm³/mol. The summed E-state index contributed by atoms with van der Waals surface area (Å²) in [4.78, 5) is 18.2. The largest absolute Gasteiger partial charge is 0.350 e. The minimum absolute atomic E-state index is 0.0268. The number of hydrogen-bond donors (Lipinski definition) is 1. The van der Waals surface area contributed by atoms with E-state index in [-0.39, 0.29) is 5.91 Å². The van der Waals surface area contributed by atoms with E-state index < -0.39 is 0 Å². The van der Waals surface area contributed by atoms with Crippen molar-refractivity contribution in [1.82, 2.24) is 15.2 Å². The lowest BCUT2D eigenvalue weighted by molar-refractivity contribution is 0.0941. The fourth-order valence-corrected chi connectivity index (χ4v) is 2.35. The van der Waals surface area contributed by atoms with Gasteiger partial charge in [0, 0.05) is 25.0 Å². The maximum atomic E-state index is 11.8. The molecule has 1 aliphatic rings. The van der Waals surface area contributed by atoms with Gasteiger partial charge < -0.3 is 5.32 Å². The zero-order valence-corrected chi connectivity index (χ0v) is 10.2. The molecule has 2 rings (SSSR count). The zero-order valence-electron chi connectivity index (χ0n) is 10.2. The van der Waals surface area contributed by atoms with Gasteiger partial charge in [0.2, 0.25) is 0 Å². The fourth-order valence-electron chi connectivity index (χ4n) is 2.35. The average Bonchev–Trinajstić information content (AvgIpc) is 2.84. The molecule has 2 heterocycles. The van der Waals surface area contributed by atoms with E-state index in [2.05, 4.69) is 22.1 Å². The van der Waals surface area contributed by atoms with Crippen LogP contribution in [-0.4, -0.2) is 41.5 Å². The highest BCUT2D eigenvalue weighted by Gasteiger charge is 2.23. The smallest absolute Gasteiger partial charge is 0.252 e. The molecule has 0 aromatic carbocycles. The van der Waals surface area contributed by atoms with E-state index in [1.807, 2.05) is 0 Å². The van der Waals surface area contributed by atoms with Crippen molar-refractivity contribution in [2.24, 2.45) is 0 Å². The molecule has 1 N–H and O–H groups in total. The molecule has 4 heteroatoms. The number of pyridine rings is 1. The molecule has 0 spiro atoms. The van der Waals surface area contributed by atoms with Gasteiger partial charge in [0.1, 0.15) is 0 Å². The molecule has 17 heavy (non-hydrogen) atoms. The monoisotopic (exact) mass is 233 g/mol. The van der Waals surface area contributed by atoms with Crippen LogP contribution >= 0.6 is 0 Å². The molecule has 92 valence electrons. The minimum Gasteiger partial charge on any atom is -0.350 e. The number of rotatable bonds is 4. The van der Waals surface area contributed by atoms with Crippen molar-refractivity contribution in [3.63, 3.8) is 0 Å². The Morgan fingerprint density at radius 2 is 2.53 bits per heavy atom. The van der Waals surface area contributed by atoms with Gasteiger partial charge in [-0.25, -0.2) is 0 Å². The van der Waals surface area contributed by atoms with E-state index in [9.17, 15) is 4.79 Å². The molecule has 1 saturated heterocycles. The molecule has 0 unspecified atom stereocenters. The number of nitrogens with zero attached hydrogens (tertiary/aromatic N) is 2. The Morgan fingerprint density at radius 1 is 1.65 bits per heavy atom. The van der Waals surface area contributed by atoms with Crippen LogP contribution in [0.15, 0.2) is 24.5 Å². The average molecular weight is 233 g/mol. The second kappa shape index (κ2) is 5.77. The summed E-state index contributed by atoms with van der Waals surface area (Å²) in [6.45, 7) is 5.13. The summed E-state index contributed by atoms with van der Waals surface area (Å²) in [6.07, 6.45) is 5.69. The first-order valence-electron chi connectivity index (χ1n) is 6.23. The third kappa shape index (κ3) is 3.03. The first-order valence-corrected chi connectivity index (χ1v) is 6.23. The lowest BCUT2D eigenvalue weighted by Crippen LogP contribution is -2.40. The van der Waals surface area contributed by atoms with Gasteiger partial charge in [0.05, 0.1) is 5.56 Å². The summed E-state index contributed by atoms with van der Waals surface area (Å²) in [5.41, 5.74) is 0.633. The molecule has 1 fully saturated rings. The van der Waals surface area contributed by atoms with Crippen molar-refractivity contribution < 1.29 is 4.79 Å². The summed E-state index contributed by atoms with van der Waals surface area (Å²) in [5, 5.41) is 2.98. The number of nitrogens with one attached hydrogen (secondary N) is 1. The van der Waals surface area contributed by atoms with Crippen LogP contribution in [0.1, 0.15) is 30.1 Å². The van der Waals surface area contributed by atoms with Gasteiger partial charge >= 0.3 is 0 Å². The molecule has 1 atom stereocenters. The third-order valence-corrected chi connectivity index (χ3v) is 3.33. The first-order chi connectivity index (χ1) is 8.31. The SMILES string of the molecule is CCN1CCC[C@@H]1CNC(=O)c1cccnc1. The van der Waals surface area contributed by atoms with Gasteiger partial charge in [0.25, 0.3) is 5.91 Å². The molecule has 1 aromatic rings. The van der Waals surface area contributed by atoms with Crippen LogP contribution in [0.5, 0.6) is 0 Å². The number of aromatic nitrogens is 1. The van der Waals surface area contributed by atoms with Crippen molar-refractivity contribution in [3.05, 3.63) is 30.1 Å². The molecule has 1 amide bonds. The summed E-state index contributed by atoms with van der Waals surface area (Å²) >= 11 is 0. The highest BCUT2D eigenvalue weighted by Crippen LogP contribution is 2.15. The number of hydrogen-bond acceptors (Lipinski definition) is 3. The van der Waals surface area contributed by atoms with Gasteiger partial charge in [0.15, 0.2) is 0 Å². The molecule has 0 bridgehead atoms. The van der Waals surface area contributed by atoms with E-state index in [4.69, 9.17) is 0 Å². The quantitative estimate of drug-likeness (QED) is 0.852. The molecule has 0 aliphatic carbocycles. The van der Waals surface area contributed by atoms with Gasteiger partial charge in [-0.15, -0.1) is 0 Å². The van der Waals surface area contributed by atoms with E-state index in [1.165, 1.54) is 12.8 Å². The second-order valence-electron chi connectivity index (χ2n) is 4.38. The lowest BCUT2D eigenvalue weighted by atomic mass is 10.2. The van der Waals surface area contributed by atoms with Crippen LogP contribution in [0.4, 0.5) is 0 Å². The van der Waals surface area contributed by atoms with Crippen molar-refractivity contribution >= 4 is 5.91 Å². The Balaban J connectivity index is 1.84. The number of likely N-dealkylation sites (N-methyl/N-ethyl adjacent to an activating group) is 1. The van der Waals surface area contributed by atoms with Gasteiger partial charge in [-0.1, -0.05) is 6.92 Å². The molecule has 1 aromatic heterocycles. The van der Waals surface area contributed by atoms with Crippen LogP contribution in [0.2, 0.25) is 0 Å². The Kier molecular flexibility index (Phi) is 4.09. The van der Waals surface area contributed by atoms with Gasteiger partial charge in [-0.3, -0.25) is 14.7 Å². The molecular formula is C13H19N3O. The Morgan fingerprint density at radius 3 is 3.24 bits per heavy atom. The molecule has 0 radical (unpaired) electrons. The Hall–Kier alpha value is -1.42. The van der Waals surface area contributed by atoms with Crippen molar-refractivity contribution in [2.75, 3.05) is 19.6 Å². The summed E-state index contributed by atoms with van der Waals surface area (Å²) in [7, 11) is 0. The normalized spacial score (nSPS) is 20.4. The van der Waals surface area contributed by atoms with E-state index in [0.29, 0.717) is 11.6 Å². The Bertz CT molecular complexity index is 366. The number of amides is 1. The Labute approximate surface area is 102 Å². The van der Waals surface area contributed by atoms with Crippen LogP contribution in [0.25, 0.3) is 0 Å². The van der Waals surface area contributed by atoms with Crippen LogP contribution < -0.4 is 5.32 Å². The summed E-state index contributed by atoms with van der Waals surface area (Å²) < 4.78 is 0. The standard InChI is InChI=1S/C13H19N3O/c1-2-16-8-4-6-12(16)10-15-13(17)11-5-3-7-14-9-11/h3,5,7,9,12H,2,4,6,8,10H2,1H3,(H,15,17)/t12-/m1/s1. The van der Waals surface area contributed by atoms with E-state index in [0.717, 1.165) is 19.6 Å². The molecule has 0 saturated carbocycles. The molecular weight excluding hydrogens is 214 g/mol. The highest BCUT2D eigenvalue weighted by atomic mass is 16.1. The maximum absolute atomic E-state index is 11.8. The third-order valence-electron chi connectivity index (χ3n) is 3.33. The van der Waals surface area contributed by atoms with E-state index >= 15 is 0 Å². The van der Waals surface area contributed by atoms with Crippen molar-refractivity contribution in [1.29, 1.82) is 0 Å². The van der Waals surface area contributed by atoms with Crippen LogP contribution in [0.3, 0.4) is 0 Å². The lowest BCUT2D eigenvalue weighted by Gasteiger charge is -2.22. The van der Waals surface area contributed by atoms with Crippen molar-refractivity contribution in [3.8, 4) is 0 Å². The predicted octanol–water partition coefficient (Wildman–Crippen LogP) is 1.30. The molecule has 1 aliphatic heterocycles. The number of likely N-dealkylation sites (tertiary alicyclic amines) is 1. The van der Waals surface area contributed by atoms with Crippen LogP contribution in [0, 0.1) is 0 Å². The number of carbonyl (C=O) groups is 1. The maximum Gasteiger partial charge on any atom is 0.252 e. The highest BCUT2D eigenvalue weighted by molar-refractivity contribution is 5.93. The summed E-state index contributed by atoms with van der Waals surface area (Å²) in [5.74, 6) is -0.0268. The van der Waals surface area contributed by atoms with Gasteiger partial charge in [-0.05, 0) is 38.1 Å². The second-order valence-corrected chi connectivity index (χ2v) is 4.38. The zero-order chi connectivity index (χ0) is 12.1. The van der Waals surface area contributed by atoms with E-state index in [1.54, 1.807) is 24.5 Å². The fraction of sp³-hybridized carbons (Fsp3) is 0.538. The van der Waals surface area contributed by atoms with Gasteiger partial charge in [-0.2, -0.15) is 0 Å².